The molecule has 0 atom stereocenters. The molecule has 0 fully saturated rings. The van der Waals surface area contributed by atoms with Crippen LogP contribution in [0.1, 0.15) is 26.1 Å². The smallest absolute Gasteiger partial charge is 0.306 e. The van der Waals surface area contributed by atoms with E-state index in [9.17, 15) is 18.0 Å². The predicted molar refractivity (Wildman–Crippen MR) is 130 cm³/mol. The summed E-state index contributed by atoms with van der Waals surface area (Å²) in [5.41, 5.74) is 2.02. The lowest BCUT2D eigenvalue weighted by atomic mass is 10.3. The summed E-state index contributed by atoms with van der Waals surface area (Å²) in [5.74, 6) is -0.215. The number of fused-ring (bicyclic) bond motifs is 1. The van der Waals surface area contributed by atoms with Gasteiger partial charge in [0.1, 0.15) is 5.82 Å². The predicted octanol–water partition coefficient (Wildman–Crippen LogP) is 2.74. The van der Waals surface area contributed by atoms with Crippen LogP contribution in [-0.4, -0.2) is 60.9 Å². The van der Waals surface area contributed by atoms with Gasteiger partial charge in [-0.2, -0.15) is 4.31 Å². The summed E-state index contributed by atoms with van der Waals surface area (Å²) < 4.78 is 34.0. The molecule has 0 spiro atoms. The number of hydrogen-bond acceptors (Lipinski definition) is 6. The van der Waals surface area contributed by atoms with Crippen molar-refractivity contribution in [3.05, 3.63) is 54.4 Å². The number of para-hydroxylation sites is 1. The topological polar surface area (TPSA) is 102 Å². The Morgan fingerprint density at radius 1 is 1.06 bits per heavy atom. The largest absolute Gasteiger partial charge is 0.456 e. The normalized spacial score (nSPS) is 11.7. The number of anilines is 1. The van der Waals surface area contributed by atoms with Gasteiger partial charge in [0.05, 0.1) is 22.3 Å². The quantitative estimate of drug-likeness (QED) is 0.409. The van der Waals surface area contributed by atoms with Gasteiger partial charge in [-0.25, -0.2) is 13.4 Å². The van der Waals surface area contributed by atoms with E-state index in [1.54, 1.807) is 51.2 Å². The summed E-state index contributed by atoms with van der Waals surface area (Å²) in [6, 6.07) is 13.9. The van der Waals surface area contributed by atoms with Crippen molar-refractivity contribution >= 4 is 38.6 Å². The molecule has 2 aromatic carbocycles. The molecule has 0 N–H and O–H groups in total. The zero-order valence-corrected chi connectivity index (χ0v) is 20.7. The molecule has 0 unspecified atom stereocenters. The molecule has 182 valence electrons. The number of esters is 1. The number of aryl methyl sites for hydroxylation is 2. The number of nitrogens with zero attached hydrogens (tertiary/aromatic N) is 4. The zero-order valence-electron chi connectivity index (χ0n) is 19.9. The highest BCUT2D eigenvalue weighted by molar-refractivity contribution is 7.89. The third-order valence-corrected chi connectivity index (χ3v) is 7.76. The number of carbonyl (C=O) groups is 2. The Morgan fingerprint density at radius 3 is 2.38 bits per heavy atom. The van der Waals surface area contributed by atoms with E-state index < -0.39 is 16.0 Å². The Balaban J connectivity index is 1.63. The van der Waals surface area contributed by atoms with Crippen LogP contribution in [0.2, 0.25) is 0 Å². The summed E-state index contributed by atoms with van der Waals surface area (Å²) in [5, 5.41) is 0. The number of amides is 1. The standard InChI is InChI=1S/C24H30N4O5S/c1-5-28(6-2)34(31,32)19-12-13-21-20(16-19)25-22(27(21)4)14-15-24(30)33-17-23(29)26(3)18-10-8-7-9-11-18/h7-13,16H,5-6,14-15,17H2,1-4H3. The van der Waals surface area contributed by atoms with Crippen LogP contribution >= 0.6 is 0 Å². The lowest BCUT2D eigenvalue weighted by Crippen LogP contribution is -2.31. The fourth-order valence-corrected chi connectivity index (χ4v) is 5.13. The molecule has 0 aliphatic heterocycles. The number of hydrogen-bond donors (Lipinski definition) is 0. The number of likely N-dealkylation sites (N-methyl/N-ethyl adjacent to an activating group) is 1. The maximum atomic E-state index is 12.8. The first-order chi connectivity index (χ1) is 16.2. The van der Waals surface area contributed by atoms with E-state index >= 15 is 0 Å². The van der Waals surface area contributed by atoms with Gasteiger partial charge >= 0.3 is 5.97 Å². The highest BCUT2D eigenvalue weighted by Crippen LogP contribution is 2.23. The molecule has 0 aliphatic carbocycles. The van der Waals surface area contributed by atoms with Crippen LogP contribution in [0.3, 0.4) is 0 Å². The van der Waals surface area contributed by atoms with Crippen LogP contribution in [0.4, 0.5) is 5.69 Å². The molecule has 0 saturated carbocycles. The molecule has 0 aliphatic rings. The molecule has 0 bridgehead atoms. The van der Waals surface area contributed by atoms with Crippen molar-refractivity contribution in [2.24, 2.45) is 7.05 Å². The molecule has 9 nitrogen and oxygen atoms in total. The summed E-state index contributed by atoms with van der Waals surface area (Å²) in [4.78, 5) is 30.6. The minimum atomic E-state index is -3.59. The second-order valence-electron chi connectivity index (χ2n) is 7.78. The van der Waals surface area contributed by atoms with Gasteiger partial charge < -0.3 is 14.2 Å². The molecule has 1 heterocycles. The second kappa shape index (κ2) is 10.8. The van der Waals surface area contributed by atoms with Crippen molar-refractivity contribution in [1.82, 2.24) is 13.9 Å². The number of sulfonamides is 1. The monoisotopic (exact) mass is 486 g/mol. The number of rotatable bonds is 10. The van der Waals surface area contributed by atoms with E-state index in [1.165, 1.54) is 9.21 Å². The van der Waals surface area contributed by atoms with E-state index in [2.05, 4.69) is 4.98 Å². The van der Waals surface area contributed by atoms with E-state index in [1.807, 2.05) is 29.8 Å². The maximum absolute atomic E-state index is 12.8. The second-order valence-corrected chi connectivity index (χ2v) is 9.71. The van der Waals surface area contributed by atoms with Crippen molar-refractivity contribution < 1.29 is 22.7 Å². The van der Waals surface area contributed by atoms with E-state index in [4.69, 9.17) is 4.74 Å². The first-order valence-electron chi connectivity index (χ1n) is 11.1. The van der Waals surface area contributed by atoms with Crippen LogP contribution in [-0.2, 0) is 37.8 Å². The SMILES string of the molecule is CCN(CC)S(=O)(=O)c1ccc2c(c1)nc(CCC(=O)OCC(=O)N(C)c1ccccc1)n2C. The highest BCUT2D eigenvalue weighted by atomic mass is 32.2. The van der Waals surface area contributed by atoms with E-state index in [0.29, 0.717) is 36.5 Å². The van der Waals surface area contributed by atoms with Gasteiger partial charge in [-0.1, -0.05) is 32.0 Å². The number of carbonyl (C=O) groups excluding carboxylic acids is 2. The Kier molecular flexibility index (Phi) is 8.06. The first-order valence-corrected chi connectivity index (χ1v) is 12.6. The molecule has 10 heteroatoms. The number of aromatic nitrogens is 2. The molecule has 0 radical (unpaired) electrons. The van der Waals surface area contributed by atoms with Gasteiger partial charge in [0.2, 0.25) is 10.0 Å². The van der Waals surface area contributed by atoms with Gasteiger partial charge in [-0.05, 0) is 30.3 Å². The molecule has 1 aromatic heterocycles. The van der Waals surface area contributed by atoms with Crippen molar-refractivity contribution in [3.8, 4) is 0 Å². The van der Waals surface area contributed by atoms with Gasteiger partial charge in [-0.3, -0.25) is 9.59 Å². The summed E-state index contributed by atoms with van der Waals surface area (Å²) in [6.07, 6.45) is 0.342. The van der Waals surface area contributed by atoms with E-state index in [0.717, 1.165) is 5.52 Å². The van der Waals surface area contributed by atoms with Crippen molar-refractivity contribution in [1.29, 1.82) is 0 Å². The molecular weight excluding hydrogens is 456 g/mol. The van der Waals surface area contributed by atoms with Gasteiger partial charge in [0.15, 0.2) is 6.61 Å². The van der Waals surface area contributed by atoms with Crippen LogP contribution in [0.5, 0.6) is 0 Å². The van der Waals surface area contributed by atoms with Crippen LogP contribution in [0.15, 0.2) is 53.4 Å². The highest BCUT2D eigenvalue weighted by Gasteiger charge is 2.23. The maximum Gasteiger partial charge on any atom is 0.306 e. The van der Waals surface area contributed by atoms with Gasteiger partial charge in [0, 0.05) is 39.3 Å². The first kappa shape index (κ1) is 25.4. The molecule has 0 saturated heterocycles. The van der Waals surface area contributed by atoms with Crippen molar-refractivity contribution in [3.63, 3.8) is 0 Å². The van der Waals surface area contributed by atoms with Crippen LogP contribution < -0.4 is 4.90 Å². The van der Waals surface area contributed by atoms with Crippen molar-refractivity contribution in [2.45, 2.75) is 31.6 Å². The average molecular weight is 487 g/mol. The number of ether oxygens (including phenoxy) is 1. The third-order valence-electron chi connectivity index (χ3n) is 5.72. The average Bonchev–Trinajstić information content (AvgIpc) is 3.16. The molecule has 34 heavy (non-hydrogen) atoms. The summed E-state index contributed by atoms with van der Waals surface area (Å²) >= 11 is 0. The van der Waals surface area contributed by atoms with Crippen LogP contribution in [0.25, 0.3) is 11.0 Å². The summed E-state index contributed by atoms with van der Waals surface area (Å²) in [6.45, 7) is 4.02. The fraction of sp³-hybridized carbons (Fsp3) is 0.375. The lowest BCUT2D eigenvalue weighted by molar-refractivity contribution is -0.147. The van der Waals surface area contributed by atoms with Crippen LogP contribution in [0, 0.1) is 0 Å². The van der Waals surface area contributed by atoms with E-state index in [-0.39, 0.29) is 23.8 Å². The molecule has 1 amide bonds. The Morgan fingerprint density at radius 2 is 1.74 bits per heavy atom. The minimum absolute atomic E-state index is 0.0457. The van der Waals surface area contributed by atoms with Crippen molar-refractivity contribution in [2.75, 3.05) is 31.6 Å². The molecule has 3 rings (SSSR count). The third kappa shape index (κ3) is 5.45. The molecular formula is C24H30N4O5S. The Hall–Kier alpha value is -3.24. The van der Waals surface area contributed by atoms with Gasteiger partial charge in [0.25, 0.3) is 5.91 Å². The Bertz CT molecular complexity index is 1270. The molecule has 3 aromatic rings. The Labute approximate surface area is 200 Å². The summed E-state index contributed by atoms with van der Waals surface area (Å²) in [7, 11) is -0.154. The minimum Gasteiger partial charge on any atom is -0.456 e. The van der Waals surface area contributed by atoms with Gasteiger partial charge in [-0.15, -0.1) is 0 Å². The lowest BCUT2D eigenvalue weighted by Gasteiger charge is -2.18. The fourth-order valence-electron chi connectivity index (χ4n) is 3.65. The number of imidazole rings is 1. The number of benzene rings is 2. The zero-order chi connectivity index (χ0) is 24.9.